The number of fused-ring (bicyclic) bond motifs is 1. The van der Waals surface area contributed by atoms with Crippen molar-refractivity contribution in [2.75, 3.05) is 12.3 Å². The summed E-state index contributed by atoms with van der Waals surface area (Å²) in [6.45, 7) is 4.26. The number of thiazole rings is 1. The fourth-order valence-electron chi connectivity index (χ4n) is 2.40. The molecule has 3 aromatic rings. The molecule has 24 heavy (non-hydrogen) atoms. The van der Waals surface area contributed by atoms with Crippen molar-refractivity contribution in [1.29, 1.82) is 0 Å². The largest absolute Gasteiger partial charge is 0.215 e. The van der Waals surface area contributed by atoms with E-state index in [1.54, 1.807) is 4.52 Å². The van der Waals surface area contributed by atoms with Gasteiger partial charge in [0.2, 0.25) is 15.0 Å². The van der Waals surface area contributed by atoms with Crippen LogP contribution in [0.2, 0.25) is 0 Å². The van der Waals surface area contributed by atoms with Crippen LogP contribution in [0.25, 0.3) is 16.3 Å². The van der Waals surface area contributed by atoms with Crippen LogP contribution < -0.4 is 4.72 Å². The molecule has 2 aromatic heterocycles. The van der Waals surface area contributed by atoms with Crippen LogP contribution in [0.5, 0.6) is 0 Å². The second-order valence-corrected chi connectivity index (χ2v) is 8.45. The second-order valence-electron chi connectivity index (χ2n) is 5.69. The number of nitrogens with one attached hydrogen (secondary N) is 1. The Hall–Kier alpha value is -1.77. The van der Waals surface area contributed by atoms with Gasteiger partial charge in [0, 0.05) is 23.9 Å². The van der Waals surface area contributed by atoms with Crippen molar-refractivity contribution in [2.45, 2.75) is 26.7 Å². The Bertz CT molecular complexity index is 927. The normalized spacial score (nSPS) is 12.1. The summed E-state index contributed by atoms with van der Waals surface area (Å²) in [5.41, 5.74) is 3.13. The predicted molar refractivity (Wildman–Crippen MR) is 96.8 cm³/mol. The molecule has 1 N–H and O–H groups in total. The van der Waals surface area contributed by atoms with Crippen LogP contribution in [0.1, 0.15) is 24.6 Å². The van der Waals surface area contributed by atoms with Gasteiger partial charge in [-0.1, -0.05) is 36.8 Å². The van der Waals surface area contributed by atoms with Crippen LogP contribution in [-0.4, -0.2) is 35.3 Å². The van der Waals surface area contributed by atoms with Gasteiger partial charge in [-0.05, 0) is 13.3 Å². The van der Waals surface area contributed by atoms with Gasteiger partial charge in [0.25, 0.3) is 0 Å². The predicted octanol–water partition coefficient (Wildman–Crippen LogP) is 2.64. The van der Waals surface area contributed by atoms with Crippen molar-refractivity contribution in [3.05, 3.63) is 40.9 Å². The highest BCUT2D eigenvalue weighted by molar-refractivity contribution is 7.89. The number of hydrogen-bond acceptors (Lipinski definition) is 5. The SMILES string of the molecule is CCCS(=O)(=O)NCCc1csc2nc(-c3ccc(C)cc3)nn12. The summed E-state index contributed by atoms with van der Waals surface area (Å²) in [6, 6.07) is 8.09. The van der Waals surface area contributed by atoms with Crippen molar-refractivity contribution in [3.8, 4) is 11.4 Å². The quantitative estimate of drug-likeness (QED) is 0.699. The Morgan fingerprint density at radius 2 is 2.00 bits per heavy atom. The van der Waals surface area contributed by atoms with Crippen LogP contribution in [0, 0.1) is 6.92 Å². The molecule has 0 radical (unpaired) electrons. The molecular formula is C16H20N4O2S2. The lowest BCUT2D eigenvalue weighted by Crippen LogP contribution is -2.28. The molecule has 0 unspecified atom stereocenters. The maximum atomic E-state index is 11.7. The maximum absolute atomic E-state index is 11.7. The molecule has 0 atom stereocenters. The molecule has 128 valence electrons. The summed E-state index contributed by atoms with van der Waals surface area (Å²) in [5.74, 6) is 0.849. The lowest BCUT2D eigenvalue weighted by molar-refractivity contribution is 0.579. The maximum Gasteiger partial charge on any atom is 0.212 e. The van der Waals surface area contributed by atoms with Gasteiger partial charge < -0.3 is 0 Å². The average Bonchev–Trinajstić information content (AvgIpc) is 3.09. The first-order valence-electron chi connectivity index (χ1n) is 7.86. The highest BCUT2D eigenvalue weighted by Crippen LogP contribution is 2.21. The van der Waals surface area contributed by atoms with Gasteiger partial charge in [0.1, 0.15) is 0 Å². The molecule has 8 heteroatoms. The Morgan fingerprint density at radius 3 is 2.71 bits per heavy atom. The third kappa shape index (κ3) is 3.82. The van der Waals surface area contributed by atoms with Gasteiger partial charge in [-0.3, -0.25) is 0 Å². The number of nitrogens with zero attached hydrogens (tertiary/aromatic N) is 3. The van der Waals surface area contributed by atoms with Gasteiger partial charge in [-0.15, -0.1) is 16.4 Å². The fraction of sp³-hybridized carbons (Fsp3) is 0.375. The van der Waals surface area contributed by atoms with Crippen molar-refractivity contribution in [1.82, 2.24) is 19.3 Å². The van der Waals surface area contributed by atoms with Crippen LogP contribution in [0.15, 0.2) is 29.6 Å². The van der Waals surface area contributed by atoms with Gasteiger partial charge in [-0.2, -0.15) is 4.98 Å². The molecule has 0 saturated heterocycles. The molecular weight excluding hydrogens is 344 g/mol. The summed E-state index contributed by atoms with van der Waals surface area (Å²) in [6.07, 6.45) is 1.20. The number of aryl methyl sites for hydroxylation is 1. The van der Waals surface area contributed by atoms with Crippen LogP contribution in [0.4, 0.5) is 0 Å². The molecule has 0 aliphatic heterocycles. The average molecular weight is 364 g/mol. The van der Waals surface area contributed by atoms with Crippen molar-refractivity contribution in [3.63, 3.8) is 0 Å². The molecule has 0 aliphatic rings. The van der Waals surface area contributed by atoms with Gasteiger partial charge in [0.05, 0.1) is 11.4 Å². The van der Waals surface area contributed by atoms with E-state index in [0.717, 1.165) is 16.2 Å². The van der Waals surface area contributed by atoms with Crippen LogP contribution >= 0.6 is 11.3 Å². The minimum atomic E-state index is -3.17. The molecule has 0 spiro atoms. The molecule has 1 aromatic carbocycles. The van der Waals surface area contributed by atoms with Crippen LogP contribution in [-0.2, 0) is 16.4 Å². The molecule has 0 amide bonds. The van der Waals surface area contributed by atoms with E-state index in [-0.39, 0.29) is 5.75 Å². The van der Waals surface area contributed by atoms with Gasteiger partial charge >= 0.3 is 0 Å². The van der Waals surface area contributed by atoms with Crippen LogP contribution in [0.3, 0.4) is 0 Å². The first-order chi connectivity index (χ1) is 11.5. The minimum absolute atomic E-state index is 0.160. The summed E-state index contributed by atoms with van der Waals surface area (Å²) >= 11 is 1.51. The molecule has 0 bridgehead atoms. The molecule has 3 rings (SSSR count). The molecule has 2 heterocycles. The zero-order valence-corrected chi connectivity index (χ0v) is 15.3. The summed E-state index contributed by atoms with van der Waals surface area (Å²) in [7, 11) is -3.17. The second kappa shape index (κ2) is 7.00. The third-order valence-corrected chi connectivity index (χ3v) is 6.09. The topological polar surface area (TPSA) is 76.4 Å². The third-order valence-electron chi connectivity index (χ3n) is 3.64. The summed E-state index contributed by atoms with van der Waals surface area (Å²) in [5, 5.41) is 6.54. The first-order valence-corrected chi connectivity index (χ1v) is 10.4. The highest BCUT2D eigenvalue weighted by atomic mass is 32.2. The number of aromatic nitrogens is 3. The monoisotopic (exact) mass is 364 g/mol. The number of rotatable bonds is 7. The Labute approximate surface area is 145 Å². The van der Waals surface area contributed by atoms with E-state index in [0.29, 0.717) is 25.2 Å². The summed E-state index contributed by atoms with van der Waals surface area (Å²) in [4.78, 5) is 5.37. The Morgan fingerprint density at radius 1 is 1.25 bits per heavy atom. The Kier molecular flexibility index (Phi) is 4.98. The lowest BCUT2D eigenvalue weighted by atomic mass is 10.1. The van der Waals surface area contributed by atoms with E-state index in [1.807, 2.05) is 43.5 Å². The number of hydrogen-bond donors (Lipinski definition) is 1. The van der Waals surface area contributed by atoms with E-state index in [4.69, 9.17) is 0 Å². The first kappa shape index (κ1) is 17.1. The van der Waals surface area contributed by atoms with E-state index >= 15 is 0 Å². The standard InChI is InChI=1S/C16H20N4O2S2/c1-3-10-24(21,22)17-9-8-14-11-23-16-18-15(19-20(14)16)13-6-4-12(2)5-7-13/h4-7,11,17H,3,8-10H2,1-2H3. The van der Waals surface area contributed by atoms with E-state index < -0.39 is 10.0 Å². The van der Waals surface area contributed by atoms with E-state index in [2.05, 4.69) is 14.8 Å². The highest BCUT2D eigenvalue weighted by Gasteiger charge is 2.13. The molecule has 6 nitrogen and oxygen atoms in total. The smallest absolute Gasteiger partial charge is 0.212 e. The van der Waals surface area contributed by atoms with E-state index in [9.17, 15) is 8.42 Å². The van der Waals surface area contributed by atoms with Gasteiger partial charge in [-0.25, -0.2) is 17.7 Å². The molecule has 0 aliphatic carbocycles. The molecule has 0 saturated carbocycles. The summed E-state index contributed by atoms with van der Waals surface area (Å²) < 4.78 is 27.8. The molecule has 0 fully saturated rings. The lowest BCUT2D eigenvalue weighted by Gasteiger charge is -2.04. The van der Waals surface area contributed by atoms with Crippen molar-refractivity contribution < 1.29 is 8.42 Å². The number of benzene rings is 1. The zero-order valence-electron chi connectivity index (χ0n) is 13.7. The number of sulfonamides is 1. The van der Waals surface area contributed by atoms with Crippen molar-refractivity contribution in [2.24, 2.45) is 0 Å². The fourth-order valence-corrected chi connectivity index (χ4v) is 4.35. The van der Waals surface area contributed by atoms with Crippen molar-refractivity contribution >= 4 is 26.3 Å². The minimum Gasteiger partial charge on any atom is -0.215 e. The van der Waals surface area contributed by atoms with E-state index in [1.165, 1.54) is 16.9 Å². The Balaban J connectivity index is 1.75. The zero-order chi connectivity index (χ0) is 17.2. The van der Waals surface area contributed by atoms with Gasteiger partial charge in [0.15, 0.2) is 5.82 Å².